The molecule has 0 spiro atoms. The van der Waals surface area contributed by atoms with Crippen molar-refractivity contribution in [1.82, 2.24) is 5.32 Å². The highest BCUT2D eigenvalue weighted by Gasteiger charge is 2.12. The molecule has 5 heteroatoms. The van der Waals surface area contributed by atoms with Crippen molar-refractivity contribution in [2.75, 3.05) is 13.2 Å². The zero-order chi connectivity index (χ0) is 12.1. The van der Waals surface area contributed by atoms with Crippen LogP contribution >= 0.6 is 0 Å². The lowest BCUT2D eigenvalue weighted by atomic mass is 10.1. The van der Waals surface area contributed by atoms with Crippen LogP contribution in [0.25, 0.3) is 0 Å². The predicted octanol–water partition coefficient (Wildman–Crippen LogP) is 0.217. The van der Waals surface area contributed by atoms with Crippen LogP contribution in [0.1, 0.15) is 15.9 Å². The second-order valence-electron chi connectivity index (χ2n) is 3.50. The first-order chi connectivity index (χ1) is 7.58. The van der Waals surface area contributed by atoms with E-state index >= 15 is 0 Å². The van der Waals surface area contributed by atoms with Crippen molar-refractivity contribution in [2.45, 2.75) is 13.0 Å². The van der Waals surface area contributed by atoms with E-state index in [1.165, 1.54) is 12.1 Å². The van der Waals surface area contributed by atoms with E-state index in [0.717, 1.165) is 6.07 Å². The summed E-state index contributed by atoms with van der Waals surface area (Å²) < 4.78 is 13.2. The molecule has 0 fully saturated rings. The molecule has 1 amide bonds. The Kier molecular flexibility index (Phi) is 4.39. The molecule has 1 aromatic rings. The first kappa shape index (κ1) is 12.6. The van der Waals surface area contributed by atoms with Crippen LogP contribution in [-0.4, -0.2) is 35.4 Å². The smallest absolute Gasteiger partial charge is 0.251 e. The fraction of sp³-hybridized carbons (Fsp3) is 0.364. The quantitative estimate of drug-likeness (QED) is 0.689. The fourth-order valence-corrected chi connectivity index (χ4v) is 1.15. The molecule has 0 aliphatic heterocycles. The highest BCUT2D eigenvalue weighted by molar-refractivity contribution is 5.94. The van der Waals surface area contributed by atoms with Crippen molar-refractivity contribution < 1.29 is 19.4 Å². The second kappa shape index (κ2) is 5.58. The first-order valence-electron chi connectivity index (χ1n) is 4.87. The maximum Gasteiger partial charge on any atom is 0.251 e. The van der Waals surface area contributed by atoms with Gasteiger partial charge in [0, 0.05) is 5.56 Å². The minimum absolute atomic E-state index is 0.162. The minimum atomic E-state index is -0.725. The van der Waals surface area contributed by atoms with E-state index in [4.69, 9.17) is 10.2 Å². The first-order valence-corrected chi connectivity index (χ1v) is 4.87. The number of carbonyl (C=O) groups is 1. The van der Waals surface area contributed by atoms with Crippen molar-refractivity contribution in [3.8, 4) is 0 Å². The van der Waals surface area contributed by atoms with E-state index in [2.05, 4.69) is 5.32 Å². The van der Waals surface area contributed by atoms with Crippen molar-refractivity contribution in [3.63, 3.8) is 0 Å². The summed E-state index contributed by atoms with van der Waals surface area (Å²) in [5.41, 5.74) is 0.618. The second-order valence-corrected chi connectivity index (χ2v) is 3.50. The number of aryl methyl sites for hydroxylation is 1. The number of amides is 1. The predicted molar refractivity (Wildman–Crippen MR) is 56.6 cm³/mol. The number of carbonyl (C=O) groups excluding carboxylic acids is 1. The van der Waals surface area contributed by atoms with Gasteiger partial charge < -0.3 is 15.5 Å². The van der Waals surface area contributed by atoms with Crippen LogP contribution in [0.4, 0.5) is 4.39 Å². The summed E-state index contributed by atoms with van der Waals surface area (Å²) in [6.45, 7) is 0.869. The van der Waals surface area contributed by atoms with Crippen molar-refractivity contribution in [2.24, 2.45) is 0 Å². The van der Waals surface area contributed by atoms with E-state index in [-0.39, 0.29) is 18.8 Å². The number of aliphatic hydroxyl groups is 2. The molecule has 1 rings (SSSR count). The summed E-state index contributed by atoms with van der Waals surface area (Å²) in [6, 6.07) is 3.38. The SMILES string of the molecule is Cc1ccc(C(=O)NC(CO)CO)cc1F. The molecule has 1 aromatic carbocycles. The van der Waals surface area contributed by atoms with Crippen LogP contribution < -0.4 is 5.32 Å². The molecular formula is C11H14FNO3. The molecule has 0 unspecified atom stereocenters. The minimum Gasteiger partial charge on any atom is -0.394 e. The van der Waals surface area contributed by atoms with Crippen LogP contribution in [0, 0.1) is 12.7 Å². The van der Waals surface area contributed by atoms with Crippen LogP contribution in [0.5, 0.6) is 0 Å². The van der Waals surface area contributed by atoms with E-state index in [1.807, 2.05) is 0 Å². The highest BCUT2D eigenvalue weighted by Crippen LogP contribution is 2.09. The monoisotopic (exact) mass is 227 g/mol. The van der Waals surface area contributed by atoms with Gasteiger partial charge in [-0.15, -0.1) is 0 Å². The average Bonchev–Trinajstić information content (AvgIpc) is 2.29. The number of hydrogen-bond acceptors (Lipinski definition) is 3. The maximum atomic E-state index is 13.2. The van der Waals surface area contributed by atoms with Crippen molar-refractivity contribution >= 4 is 5.91 Å². The molecule has 0 atom stereocenters. The number of halogens is 1. The summed E-state index contributed by atoms with van der Waals surface area (Å²) in [6.07, 6.45) is 0. The van der Waals surface area contributed by atoms with Gasteiger partial charge in [0.15, 0.2) is 0 Å². The van der Waals surface area contributed by atoms with Gasteiger partial charge in [0.1, 0.15) is 5.82 Å². The normalized spacial score (nSPS) is 10.6. The zero-order valence-corrected chi connectivity index (χ0v) is 8.90. The van der Waals surface area contributed by atoms with Gasteiger partial charge in [0.2, 0.25) is 0 Å². The maximum absolute atomic E-state index is 13.2. The van der Waals surface area contributed by atoms with Crippen molar-refractivity contribution in [3.05, 3.63) is 35.1 Å². The Labute approximate surface area is 92.7 Å². The number of rotatable bonds is 4. The number of aliphatic hydroxyl groups excluding tert-OH is 2. The van der Waals surface area contributed by atoms with Gasteiger partial charge in [-0.3, -0.25) is 4.79 Å². The molecule has 0 saturated carbocycles. The van der Waals surface area contributed by atoms with Crippen LogP contribution in [-0.2, 0) is 0 Å². The molecule has 0 aliphatic carbocycles. The molecule has 16 heavy (non-hydrogen) atoms. The van der Waals surface area contributed by atoms with Crippen LogP contribution in [0.15, 0.2) is 18.2 Å². The number of hydrogen-bond donors (Lipinski definition) is 3. The molecule has 0 heterocycles. The molecule has 0 radical (unpaired) electrons. The Morgan fingerprint density at radius 3 is 2.56 bits per heavy atom. The van der Waals surface area contributed by atoms with Gasteiger partial charge in [-0.1, -0.05) is 6.07 Å². The average molecular weight is 227 g/mol. The Morgan fingerprint density at radius 2 is 2.06 bits per heavy atom. The zero-order valence-electron chi connectivity index (χ0n) is 8.90. The standard InChI is InChI=1S/C11H14FNO3/c1-7-2-3-8(4-10(7)12)11(16)13-9(5-14)6-15/h2-4,9,14-15H,5-6H2,1H3,(H,13,16). The number of benzene rings is 1. The Bertz CT molecular complexity index is 377. The lowest BCUT2D eigenvalue weighted by Crippen LogP contribution is -2.40. The van der Waals surface area contributed by atoms with Gasteiger partial charge in [-0.05, 0) is 24.6 Å². The fourth-order valence-electron chi connectivity index (χ4n) is 1.15. The van der Waals surface area contributed by atoms with Gasteiger partial charge >= 0.3 is 0 Å². The summed E-state index contributed by atoms with van der Waals surface area (Å²) in [5.74, 6) is -0.982. The van der Waals surface area contributed by atoms with Gasteiger partial charge in [0.05, 0.1) is 19.3 Å². The van der Waals surface area contributed by atoms with Gasteiger partial charge in [0.25, 0.3) is 5.91 Å². The molecule has 0 aliphatic rings. The molecule has 4 nitrogen and oxygen atoms in total. The molecule has 3 N–H and O–H groups in total. The molecule has 0 bridgehead atoms. The van der Waals surface area contributed by atoms with E-state index in [0.29, 0.717) is 5.56 Å². The summed E-state index contributed by atoms with van der Waals surface area (Å²) >= 11 is 0. The summed E-state index contributed by atoms with van der Waals surface area (Å²) in [4.78, 5) is 11.5. The van der Waals surface area contributed by atoms with Crippen LogP contribution in [0.3, 0.4) is 0 Å². The molecule has 0 saturated heterocycles. The molecule has 0 aromatic heterocycles. The van der Waals surface area contributed by atoms with Gasteiger partial charge in [-0.25, -0.2) is 4.39 Å². The lowest BCUT2D eigenvalue weighted by Gasteiger charge is -2.13. The molecule has 88 valence electrons. The van der Waals surface area contributed by atoms with E-state index < -0.39 is 17.8 Å². The van der Waals surface area contributed by atoms with Gasteiger partial charge in [-0.2, -0.15) is 0 Å². The Morgan fingerprint density at radius 1 is 1.44 bits per heavy atom. The topological polar surface area (TPSA) is 69.6 Å². The van der Waals surface area contributed by atoms with Crippen LogP contribution in [0.2, 0.25) is 0 Å². The summed E-state index contributed by atoms with van der Waals surface area (Å²) in [7, 11) is 0. The van der Waals surface area contributed by atoms with E-state index in [1.54, 1.807) is 6.92 Å². The Hall–Kier alpha value is -1.46. The Balaban J connectivity index is 2.76. The number of nitrogens with one attached hydrogen (secondary N) is 1. The van der Waals surface area contributed by atoms with E-state index in [9.17, 15) is 9.18 Å². The largest absolute Gasteiger partial charge is 0.394 e. The summed E-state index contributed by atoms with van der Waals surface area (Å²) in [5, 5.41) is 19.9. The highest BCUT2D eigenvalue weighted by atomic mass is 19.1. The third-order valence-corrected chi connectivity index (χ3v) is 2.21. The third kappa shape index (κ3) is 3.01. The molecular weight excluding hydrogens is 213 g/mol. The third-order valence-electron chi connectivity index (χ3n) is 2.21. The van der Waals surface area contributed by atoms with Crippen molar-refractivity contribution in [1.29, 1.82) is 0 Å². The lowest BCUT2D eigenvalue weighted by molar-refractivity contribution is 0.0879.